The van der Waals surface area contributed by atoms with E-state index in [0.717, 1.165) is 24.1 Å². The van der Waals surface area contributed by atoms with Crippen molar-refractivity contribution in [2.24, 2.45) is 0 Å². The number of hydrogen-bond acceptors (Lipinski definition) is 2. The summed E-state index contributed by atoms with van der Waals surface area (Å²) in [6.07, 6.45) is 3.99. The molecule has 0 fully saturated rings. The van der Waals surface area contributed by atoms with Gasteiger partial charge in [-0.25, -0.2) is 0 Å². The maximum absolute atomic E-state index is 4.24. The first-order chi connectivity index (χ1) is 8.28. The van der Waals surface area contributed by atoms with E-state index in [0.29, 0.717) is 0 Å². The molecular formula is C13H16BrN3. The SMILES string of the molecule is CCn1cc(CNCc2cccc(Br)c2)cn1. The van der Waals surface area contributed by atoms with Crippen molar-refractivity contribution in [2.75, 3.05) is 0 Å². The van der Waals surface area contributed by atoms with Gasteiger partial charge in [0.1, 0.15) is 0 Å². The number of halogens is 1. The Balaban J connectivity index is 1.83. The summed E-state index contributed by atoms with van der Waals surface area (Å²) in [7, 11) is 0. The Kier molecular flexibility index (Phi) is 4.34. The van der Waals surface area contributed by atoms with Gasteiger partial charge in [-0.2, -0.15) is 5.10 Å². The average molecular weight is 294 g/mol. The highest BCUT2D eigenvalue weighted by Gasteiger charge is 1.97. The summed E-state index contributed by atoms with van der Waals surface area (Å²) >= 11 is 3.47. The van der Waals surface area contributed by atoms with Gasteiger partial charge >= 0.3 is 0 Å². The minimum Gasteiger partial charge on any atom is -0.309 e. The Hall–Kier alpha value is -1.13. The van der Waals surface area contributed by atoms with E-state index in [-0.39, 0.29) is 0 Å². The number of benzene rings is 1. The Morgan fingerprint density at radius 2 is 2.12 bits per heavy atom. The molecule has 0 aliphatic rings. The predicted octanol–water partition coefficient (Wildman–Crippen LogP) is 2.96. The molecule has 0 aliphatic carbocycles. The van der Waals surface area contributed by atoms with Crippen LogP contribution >= 0.6 is 15.9 Å². The monoisotopic (exact) mass is 293 g/mol. The zero-order chi connectivity index (χ0) is 12.1. The molecule has 1 N–H and O–H groups in total. The number of hydrogen-bond donors (Lipinski definition) is 1. The Morgan fingerprint density at radius 1 is 1.29 bits per heavy atom. The van der Waals surface area contributed by atoms with Gasteiger partial charge in [-0.15, -0.1) is 0 Å². The van der Waals surface area contributed by atoms with Crippen LogP contribution in [0.1, 0.15) is 18.1 Å². The smallest absolute Gasteiger partial charge is 0.0534 e. The molecule has 17 heavy (non-hydrogen) atoms. The van der Waals surface area contributed by atoms with Crippen molar-refractivity contribution < 1.29 is 0 Å². The molecule has 4 heteroatoms. The highest BCUT2D eigenvalue weighted by molar-refractivity contribution is 9.10. The standard InChI is InChI=1S/C13H16BrN3/c1-2-17-10-12(9-16-17)8-15-7-11-4-3-5-13(14)6-11/h3-6,9-10,15H,2,7-8H2,1H3. The number of aromatic nitrogens is 2. The lowest BCUT2D eigenvalue weighted by atomic mass is 10.2. The van der Waals surface area contributed by atoms with Crippen LogP contribution in [0.15, 0.2) is 41.1 Å². The van der Waals surface area contributed by atoms with Crippen molar-refractivity contribution in [3.63, 3.8) is 0 Å². The molecule has 2 aromatic rings. The van der Waals surface area contributed by atoms with Gasteiger partial charge in [0.05, 0.1) is 6.20 Å². The number of nitrogens with zero attached hydrogens (tertiary/aromatic N) is 2. The van der Waals surface area contributed by atoms with Crippen molar-refractivity contribution in [3.8, 4) is 0 Å². The second kappa shape index (κ2) is 5.98. The van der Waals surface area contributed by atoms with E-state index >= 15 is 0 Å². The summed E-state index contributed by atoms with van der Waals surface area (Å²) in [5.74, 6) is 0. The minimum absolute atomic E-state index is 0.854. The van der Waals surface area contributed by atoms with Gasteiger partial charge in [-0.1, -0.05) is 28.1 Å². The van der Waals surface area contributed by atoms with Gasteiger partial charge in [-0.05, 0) is 24.6 Å². The molecular weight excluding hydrogens is 278 g/mol. The molecule has 0 spiro atoms. The van der Waals surface area contributed by atoms with E-state index < -0.39 is 0 Å². The summed E-state index contributed by atoms with van der Waals surface area (Å²) in [4.78, 5) is 0. The molecule has 1 heterocycles. The molecule has 0 saturated carbocycles. The van der Waals surface area contributed by atoms with Crippen LogP contribution < -0.4 is 5.32 Å². The van der Waals surface area contributed by atoms with Gasteiger partial charge in [0.2, 0.25) is 0 Å². The molecule has 0 bridgehead atoms. The van der Waals surface area contributed by atoms with E-state index in [4.69, 9.17) is 0 Å². The van der Waals surface area contributed by atoms with Crippen LogP contribution in [0.5, 0.6) is 0 Å². The van der Waals surface area contributed by atoms with Gasteiger partial charge in [0.15, 0.2) is 0 Å². The molecule has 0 atom stereocenters. The van der Waals surface area contributed by atoms with E-state index in [1.54, 1.807) is 0 Å². The van der Waals surface area contributed by atoms with E-state index in [1.807, 2.05) is 16.9 Å². The summed E-state index contributed by atoms with van der Waals surface area (Å²) in [6, 6.07) is 8.33. The predicted molar refractivity (Wildman–Crippen MR) is 72.6 cm³/mol. The fourth-order valence-corrected chi connectivity index (χ4v) is 2.12. The fourth-order valence-electron chi connectivity index (χ4n) is 1.67. The molecule has 3 nitrogen and oxygen atoms in total. The molecule has 0 amide bonds. The summed E-state index contributed by atoms with van der Waals surface area (Å²) < 4.78 is 3.06. The molecule has 0 aliphatic heterocycles. The van der Waals surface area contributed by atoms with Crippen LogP contribution in [0.2, 0.25) is 0 Å². The lowest BCUT2D eigenvalue weighted by Gasteiger charge is -2.03. The zero-order valence-corrected chi connectivity index (χ0v) is 11.4. The third-order valence-corrected chi connectivity index (χ3v) is 3.05. The van der Waals surface area contributed by atoms with Crippen molar-refractivity contribution >= 4 is 15.9 Å². The topological polar surface area (TPSA) is 29.9 Å². The van der Waals surface area contributed by atoms with Crippen molar-refractivity contribution in [1.82, 2.24) is 15.1 Å². The van der Waals surface area contributed by atoms with Gasteiger partial charge in [0.25, 0.3) is 0 Å². The fraction of sp³-hybridized carbons (Fsp3) is 0.308. The van der Waals surface area contributed by atoms with Gasteiger partial charge in [-0.3, -0.25) is 4.68 Å². The molecule has 1 aromatic carbocycles. The van der Waals surface area contributed by atoms with E-state index in [1.165, 1.54) is 11.1 Å². The van der Waals surface area contributed by atoms with Crippen molar-refractivity contribution in [3.05, 3.63) is 52.3 Å². The Bertz CT molecular complexity index is 479. The first-order valence-electron chi connectivity index (χ1n) is 5.74. The van der Waals surface area contributed by atoms with Crippen LogP contribution in [0.25, 0.3) is 0 Å². The summed E-state index contributed by atoms with van der Waals surface area (Å²) in [5, 5.41) is 7.65. The zero-order valence-electron chi connectivity index (χ0n) is 9.86. The number of aryl methyl sites for hydroxylation is 1. The second-order valence-corrected chi connectivity index (χ2v) is 4.85. The van der Waals surface area contributed by atoms with Crippen LogP contribution in [0.3, 0.4) is 0 Å². The quantitative estimate of drug-likeness (QED) is 0.919. The highest BCUT2D eigenvalue weighted by atomic mass is 79.9. The van der Waals surface area contributed by atoms with Crippen molar-refractivity contribution in [2.45, 2.75) is 26.6 Å². The number of rotatable bonds is 5. The Labute approximate surface area is 110 Å². The van der Waals surface area contributed by atoms with Gasteiger partial charge < -0.3 is 5.32 Å². The molecule has 2 rings (SSSR count). The van der Waals surface area contributed by atoms with Crippen molar-refractivity contribution in [1.29, 1.82) is 0 Å². The average Bonchev–Trinajstić information content (AvgIpc) is 2.77. The molecule has 1 aromatic heterocycles. The van der Waals surface area contributed by atoms with E-state index in [2.05, 4.69) is 57.7 Å². The highest BCUT2D eigenvalue weighted by Crippen LogP contribution is 2.11. The lowest BCUT2D eigenvalue weighted by Crippen LogP contribution is -2.12. The van der Waals surface area contributed by atoms with Crippen LogP contribution in [0.4, 0.5) is 0 Å². The molecule has 0 radical (unpaired) electrons. The maximum atomic E-state index is 4.24. The molecule has 0 unspecified atom stereocenters. The Morgan fingerprint density at radius 3 is 2.82 bits per heavy atom. The van der Waals surface area contributed by atoms with Crippen LogP contribution in [-0.2, 0) is 19.6 Å². The van der Waals surface area contributed by atoms with Gasteiger partial charge in [0, 0.05) is 35.9 Å². The summed E-state index contributed by atoms with van der Waals surface area (Å²) in [6.45, 7) is 4.74. The first kappa shape index (κ1) is 12.3. The normalized spacial score (nSPS) is 10.7. The largest absolute Gasteiger partial charge is 0.309 e. The molecule has 0 saturated heterocycles. The van der Waals surface area contributed by atoms with E-state index in [9.17, 15) is 0 Å². The maximum Gasteiger partial charge on any atom is 0.0534 e. The lowest BCUT2D eigenvalue weighted by molar-refractivity contribution is 0.655. The minimum atomic E-state index is 0.854. The van der Waals surface area contributed by atoms with Crippen LogP contribution in [0, 0.1) is 0 Å². The second-order valence-electron chi connectivity index (χ2n) is 3.94. The third kappa shape index (κ3) is 3.68. The number of nitrogens with one attached hydrogen (secondary N) is 1. The summed E-state index contributed by atoms with van der Waals surface area (Å²) in [5.41, 5.74) is 2.50. The first-order valence-corrected chi connectivity index (χ1v) is 6.53. The third-order valence-electron chi connectivity index (χ3n) is 2.56. The van der Waals surface area contributed by atoms with Crippen LogP contribution in [-0.4, -0.2) is 9.78 Å². The molecule has 90 valence electrons.